The molecule has 0 aliphatic rings. The summed E-state index contributed by atoms with van der Waals surface area (Å²) in [5.74, 6) is -1.51. The molecular formula is C11H6F2N4O2. The fourth-order valence-corrected chi connectivity index (χ4v) is 1.74. The maximum absolute atomic E-state index is 13.6. The fraction of sp³-hybridized carbons (Fsp3) is 0. The summed E-state index contributed by atoms with van der Waals surface area (Å²) in [5.41, 5.74) is -1.36. The molecule has 3 N–H and O–H groups in total. The first-order chi connectivity index (χ1) is 9.04. The Morgan fingerprint density at radius 1 is 1.05 bits per heavy atom. The van der Waals surface area contributed by atoms with Crippen LogP contribution in [0.4, 0.5) is 8.78 Å². The number of rotatable bonds is 1. The molecular weight excluding hydrogens is 258 g/mol. The van der Waals surface area contributed by atoms with Gasteiger partial charge in [-0.25, -0.2) is 18.6 Å². The molecule has 0 atom stereocenters. The molecule has 8 heteroatoms. The Labute approximate surface area is 103 Å². The number of aromatic amines is 3. The third kappa shape index (κ3) is 1.82. The maximum Gasteiger partial charge on any atom is 0.327 e. The summed E-state index contributed by atoms with van der Waals surface area (Å²) in [4.78, 5) is 33.3. The lowest BCUT2D eigenvalue weighted by Gasteiger charge is -1.98. The predicted octanol–water partition coefficient (Wildman–Crippen LogP) is 0.885. The molecule has 0 bridgehead atoms. The van der Waals surface area contributed by atoms with Crippen LogP contribution >= 0.6 is 0 Å². The molecule has 3 rings (SSSR count). The first-order valence-corrected chi connectivity index (χ1v) is 5.22. The van der Waals surface area contributed by atoms with Gasteiger partial charge >= 0.3 is 5.69 Å². The van der Waals surface area contributed by atoms with Crippen molar-refractivity contribution in [3.8, 4) is 11.4 Å². The van der Waals surface area contributed by atoms with Gasteiger partial charge in [0.15, 0.2) is 5.65 Å². The van der Waals surface area contributed by atoms with Gasteiger partial charge in [-0.3, -0.25) is 14.8 Å². The van der Waals surface area contributed by atoms with Crippen LogP contribution in [0.25, 0.3) is 22.6 Å². The van der Waals surface area contributed by atoms with E-state index in [0.717, 1.165) is 6.07 Å². The van der Waals surface area contributed by atoms with Crippen molar-refractivity contribution in [2.24, 2.45) is 0 Å². The van der Waals surface area contributed by atoms with Crippen LogP contribution in [-0.4, -0.2) is 19.9 Å². The molecule has 0 amide bonds. The quantitative estimate of drug-likeness (QED) is 0.609. The summed E-state index contributed by atoms with van der Waals surface area (Å²) in [6.07, 6.45) is 0. The zero-order valence-corrected chi connectivity index (χ0v) is 9.25. The number of aromatic nitrogens is 4. The normalized spacial score (nSPS) is 11.1. The molecule has 0 fully saturated rings. The first kappa shape index (κ1) is 11.3. The second-order valence-electron chi connectivity index (χ2n) is 3.84. The minimum Gasteiger partial charge on any atom is -0.332 e. The maximum atomic E-state index is 13.6. The van der Waals surface area contributed by atoms with E-state index < -0.39 is 22.9 Å². The average Bonchev–Trinajstić information content (AvgIpc) is 2.72. The second-order valence-corrected chi connectivity index (χ2v) is 3.84. The van der Waals surface area contributed by atoms with E-state index >= 15 is 0 Å². The number of nitrogens with zero attached hydrogens (tertiary/aromatic N) is 1. The van der Waals surface area contributed by atoms with Gasteiger partial charge in [0.05, 0.1) is 5.56 Å². The number of imidazole rings is 1. The Balaban J connectivity index is 2.29. The summed E-state index contributed by atoms with van der Waals surface area (Å²) in [6, 6.07) is 2.96. The molecule has 0 spiro atoms. The van der Waals surface area contributed by atoms with E-state index in [0.29, 0.717) is 6.07 Å². The number of nitrogens with one attached hydrogen (secondary N) is 3. The zero-order valence-electron chi connectivity index (χ0n) is 9.25. The van der Waals surface area contributed by atoms with Crippen molar-refractivity contribution in [1.29, 1.82) is 0 Å². The highest BCUT2D eigenvalue weighted by atomic mass is 19.1. The van der Waals surface area contributed by atoms with Crippen LogP contribution in [0.3, 0.4) is 0 Å². The molecule has 2 heterocycles. The van der Waals surface area contributed by atoms with Gasteiger partial charge in [-0.05, 0) is 12.1 Å². The summed E-state index contributed by atoms with van der Waals surface area (Å²) in [7, 11) is 0. The fourth-order valence-electron chi connectivity index (χ4n) is 1.74. The topological polar surface area (TPSA) is 94.4 Å². The van der Waals surface area contributed by atoms with Crippen molar-refractivity contribution in [2.45, 2.75) is 0 Å². The van der Waals surface area contributed by atoms with Crippen molar-refractivity contribution in [3.63, 3.8) is 0 Å². The van der Waals surface area contributed by atoms with Crippen LogP contribution in [0, 0.1) is 11.6 Å². The number of H-pyrrole nitrogens is 3. The third-order valence-electron chi connectivity index (χ3n) is 2.58. The molecule has 2 aromatic heterocycles. The molecule has 1 aromatic carbocycles. The zero-order chi connectivity index (χ0) is 13.6. The predicted molar refractivity (Wildman–Crippen MR) is 62.7 cm³/mol. The van der Waals surface area contributed by atoms with E-state index in [9.17, 15) is 18.4 Å². The summed E-state index contributed by atoms with van der Waals surface area (Å²) in [5, 5.41) is 0. The van der Waals surface area contributed by atoms with E-state index in [-0.39, 0.29) is 22.6 Å². The van der Waals surface area contributed by atoms with Crippen molar-refractivity contribution in [1.82, 2.24) is 19.9 Å². The Bertz CT molecular complexity index is 894. The van der Waals surface area contributed by atoms with Gasteiger partial charge in [-0.2, -0.15) is 0 Å². The molecule has 3 aromatic rings. The lowest BCUT2D eigenvalue weighted by atomic mass is 10.2. The molecule has 6 nitrogen and oxygen atoms in total. The lowest BCUT2D eigenvalue weighted by Crippen LogP contribution is -2.21. The summed E-state index contributed by atoms with van der Waals surface area (Å²) < 4.78 is 26.4. The molecule has 0 saturated carbocycles. The molecule has 96 valence electrons. The van der Waals surface area contributed by atoms with E-state index in [1.807, 2.05) is 4.98 Å². The minimum absolute atomic E-state index is 0.00199. The van der Waals surface area contributed by atoms with Gasteiger partial charge in [0.2, 0.25) is 0 Å². The molecule has 0 aliphatic carbocycles. The summed E-state index contributed by atoms with van der Waals surface area (Å²) in [6.45, 7) is 0. The molecule has 19 heavy (non-hydrogen) atoms. The summed E-state index contributed by atoms with van der Waals surface area (Å²) >= 11 is 0. The van der Waals surface area contributed by atoms with Gasteiger partial charge in [-0.1, -0.05) is 0 Å². The van der Waals surface area contributed by atoms with Crippen molar-refractivity contribution < 1.29 is 8.78 Å². The van der Waals surface area contributed by atoms with Gasteiger partial charge in [0.1, 0.15) is 23.0 Å². The number of fused-ring (bicyclic) bond motifs is 1. The van der Waals surface area contributed by atoms with E-state index in [4.69, 9.17) is 0 Å². The number of benzene rings is 1. The molecule has 0 radical (unpaired) electrons. The average molecular weight is 264 g/mol. The van der Waals surface area contributed by atoms with Gasteiger partial charge in [0, 0.05) is 6.07 Å². The van der Waals surface area contributed by atoms with Gasteiger partial charge < -0.3 is 4.98 Å². The van der Waals surface area contributed by atoms with Gasteiger partial charge in [0.25, 0.3) is 5.56 Å². The molecule has 0 unspecified atom stereocenters. The van der Waals surface area contributed by atoms with Crippen LogP contribution in [0.1, 0.15) is 0 Å². The number of hydrogen-bond acceptors (Lipinski definition) is 3. The lowest BCUT2D eigenvalue weighted by molar-refractivity contribution is 0.585. The highest BCUT2D eigenvalue weighted by Gasteiger charge is 2.13. The smallest absolute Gasteiger partial charge is 0.327 e. The molecule has 0 aliphatic heterocycles. The third-order valence-corrected chi connectivity index (χ3v) is 2.58. The second kappa shape index (κ2) is 3.87. The first-order valence-electron chi connectivity index (χ1n) is 5.22. The molecule has 0 saturated heterocycles. The number of hydrogen-bond donors (Lipinski definition) is 3. The highest BCUT2D eigenvalue weighted by molar-refractivity contribution is 5.74. The van der Waals surface area contributed by atoms with Crippen LogP contribution in [-0.2, 0) is 0 Å². The Hall–Kier alpha value is -2.77. The Morgan fingerprint density at radius 3 is 2.58 bits per heavy atom. The van der Waals surface area contributed by atoms with E-state index in [1.165, 1.54) is 6.07 Å². The number of halogens is 2. The van der Waals surface area contributed by atoms with Crippen molar-refractivity contribution in [3.05, 3.63) is 50.7 Å². The monoisotopic (exact) mass is 264 g/mol. The van der Waals surface area contributed by atoms with Gasteiger partial charge in [-0.15, -0.1) is 0 Å². The van der Waals surface area contributed by atoms with E-state index in [2.05, 4.69) is 15.0 Å². The largest absolute Gasteiger partial charge is 0.332 e. The van der Waals surface area contributed by atoms with Crippen LogP contribution in [0.2, 0.25) is 0 Å². The van der Waals surface area contributed by atoms with Crippen molar-refractivity contribution >= 4 is 11.2 Å². The van der Waals surface area contributed by atoms with Crippen LogP contribution in [0.5, 0.6) is 0 Å². The van der Waals surface area contributed by atoms with Crippen LogP contribution in [0.15, 0.2) is 27.8 Å². The van der Waals surface area contributed by atoms with Crippen LogP contribution < -0.4 is 11.2 Å². The Morgan fingerprint density at radius 2 is 1.84 bits per heavy atom. The van der Waals surface area contributed by atoms with Crippen molar-refractivity contribution in [2.75, 3.05) is 0 Å². The SMILES string of the molecule is O=c1[nH]c(=O)c2[nH]c(-c3ccc(F)cc3F)nc2[nH]1. The highest BCUT2D eigenvalue weighted by Crippen LogP contribution is 2.21. The Kier molecular flexibility index (Phi) is 2.31. The van der Waals surface area contributed by atoms with E-state index in [1.54, 1.807) is 0 Å². The minimum atomic E-state index is -0.821. The standard InChI is InChI=1S/C11H6F2N4O2/c12-4-1-2-5(6(13)3-4)8-14-7-9(15-8)16-11(19)17-10(7)18/h1-3H,(H3,14,15,16,17,18,19).